The standard InChI is InChI=1S/C10H11IN2O3.ClH/c11-7-3-1-6(2-4-7)5-8(9(14)15)13-10(12)16;/h1-4,8H,5H2,(H,14,15)(H3,12,13,16);1H/t8-;/m0./s1. The number of urea groups is 1. The molecule has 7 heteroatoms. The molecule has 1 aromatic carbocycles. The van der Waals surface area contributed by atoms with Gasteiger partial charge < -0.3 is 16.2 Å². The molecule has 0 aliphatic rings. The summed E-state index contributed by atoms with van der Waals surface area (Å²) in [5.74, 6) is -1.10. The van der Waals surface area contributed by atoms with Gasteiger partial charge in [-0.2, -0.15) is 0 Å². The number of carboxylic acid groups (broad SMARTS) is 1. The molecule has 4 N–H and O–H groups in total. The first-order valence-electron chi connectivity index (χ1n) is 4.52. The van der Waals surface area contributed by atoms with Crippen LogP contribution < -0.4 is 11.1 Å². The summed E-state index contributed by atoms with van der Waals surface area (Å²) in [6, 6.07) is 5.56. The number of carbonyl (C=O) groups is 2. The number of carbonyl (C=O) groups excluding carboxylic acids is 1. The predicted octanol–water partition coefficient (Wildman–Crippen LogP) is 1.38. The van der Waals surface area contributed by atoms with Gasteiger partial charge in [0.1, 0.15) is 6.04 Å². The Kier molecular flexibility index (Phi) is 6.89. The Hall–Kier alpha value is -1.02. The number of nitrogens with two attached hydrogens (primary N) is 1. The first-order chi connectivity index (χ1) is 7.49. The van der Waals surface area contributed by atoms with Gasteiger partial charge >= 0.3 is 12.0 Å². The summed E-state index contributed by atoms with van der Waals surface area (Å²) in [6.07, 6.45) is 0.217. The van der Waals surface area contributed by atoms with E-state index in [9.17, 15) is 9.59 Å². The molecule has 0 unspecified atom stereocenters. The third-order valence-electron chi connectivity index (χ3n) is 1.97. The van der Waals surface area contributed by atoms with Gasteiger partial charge in [-0.3, -0.25) is 0 Å². The molecule has 0 saturated heterocycles. The van der Waals surface area contributed by atoms with Crippen molar-refractivity contribution in [3.8, 4) is 0 Å². The van der Waals surface area contributed by atoms with Gasteiger partial charge in [-0.1, -0.05) is 12.1 Å². The summed E-state index contributed by atoms with van der Waals surface area (Å²) in [7, 11) is 0. The molecule has 0 bridgehead atoms. The Labute approximate surface area is 118 Å². The topological polar surface area (TPSA) is 92.4 Å². The summed E-state index contributed by atoms with van der Waals surface area (Å²) >= 11 is 2.16. The minimum absolute atomic E-state index is 0. The molecule has 17 heavy (non-hydrogen) atoms. The van der Waals surface area contributed by atoms with Crippen molar-refractivity contribution >= 4 is 47.0 Å². The molecule has 0 aromatic heterocycles. The molecule has 5 nitrogen and oxygen atoms in total. The third-order valence-corrected chi connectivity index (χ3v) is 2.69. The third kappa shape index (κ3) is 5.73. The van der Waals surface area contributed by atoms with Crippen LogP contribution in [-0.4, -0.2) is 23.1 Å². The molecule has 1 atom stereocenters. The number of benzene rings is 1. The Bertz CT molecular complexity index is 397. The number of halogens is 2. The molecule has 1 rings (SSSR count). The largest absolute Gasteiger partial charge is 0.480 e. The van der Waals surface area contributed by atoms with Crippen molar-refractivity contribution in [2.75, 3.05) is 0 Å². The van der Waals surface area contributed by atoms with Gasteiger partial charge in [0.25, 0.3) is 0 Å². The smallest absolute Gasteiger partial charge is 0.326 e. The maximum atomic E-state index is 10.8. The van der Waals surface area contributed by atoms with Crippen molar-refractivity contribution in [1.29, 1.82) is 0 Å². The fourth-order valence-electron chi connectivity index (χ4n) is 1.23. The van der Waals surface area contributed by atoms with Gasteiger partial charge in [-0.25, -0.2) is 9.59 Å². The van der Waals surface area contributed by atoms with E-state index in [0.29, 0.717) is 0 Å². The Morgan fingerprint density at radius 1 is 1.35 bits per heavy atom. The lowest BCUT2D eigenvalue weighted by Gasteiger charge is -2.12. The molecule has 0 saturated carbocycles. The van der Waals surface area contributed by atoms with Crippen molar-refractivity contribution in [2.24, 2.45) is 5.73 Å². The van der Waals surface area contributed by atoms with Gasteiger partial charge in [0.2, 0.25) is 0 Å². The summed E-state index contributed by atoms with van der Waals surface area (Å²) in [4.78, 5) is 21.4. The van der Waals surface area contributed by atoms with Crippen LogP contribution in [0.25, 0.3) is 0 Å². The number of aliphatic carboxylic acids is 1. The highest BCUT2D eigenvalue weighted by Gasteiger charge is 2.18. The highest BCUT2D eigenvalue weighted by atomic mass is 127. The molecular weight excluding hydrogens is 358 g/mol. The van der Waals surface area contributed by atoms with Crippen molar-refractivity contribution in [1.82, 2.24) is 5.32 Å². The van der Waals surface area contributed by atoms with Crippen LogP contribution in [0.4, 0.5) is 4.79 Å². The van der Waals surface area contributed by atoms with Crippen molar-refractivity contribution < 1.29 is 14.7 Å². The molecule has 0 heterocycles. The molecule has 2 amide bonds. The van der Waals surface area contributed by atoms with Crippen LogP contribution in [0, 0.1) is 3.57 Å². The number of hydrogen-bond acceptors (Lipinski definition) is 2. The molecule has 1 aromatic rings. The fourth-order valence-corrected chi connectivity index (χ4v) is 1.59. The van der Waals surface area contributed by atoms with E-state index >= 15 is 0 Å². The van der Waals surface area contributed by atoms with Gasteiger partial charge in [0, 0.05) is 9.99 Å². The van der Waals surface area contributed by atoms with Crippen molar-refractivity contribution in [3.05, 3.63) is 33.4 Å². The van der Waals surface area contributed by atoms with Crippen LogP contribution in [-0.2, 0) is 11.2 Å². The minimum atomic E-state index is -1.10. The Morgan fingerprint density at radius 3 is 2.29 bits per heavy atom. The zero-order chi connectivity index (χ0) is 12.1. The van der Waals surface area contributed by atoms with Crippen LogP contribution in [0.3, 0.4) is 0 Å². The van der Waals surface area contributed by atoms with E-state index in [-0.39, 0.29) is 18.8 Å². The molecular formula is C10H12ClIN2O3. The highest BCUT2D eigenvalue weighted by molar-refractivity contribution is 14.1. The summed E-state index contributed by atoms with van der Waals surface area (Å²) in [5, 5.41) is 11.0. The SMILES string of the molecule is Cl.NC(=O)N[C@@H](Cc1ccc(I)cc1)C(=O)O. The monoisotopic (exact) mass is 370 g/mol. The number of hydrogen-bond donors (Lipinski definition) is 3. The zero-order valence-corrected chi connectivity index (χ0v) is 11.7. The normalized spacial score (nSPS) is 11.1. The number of nitrogens with one attached hydrogen (secondary N) is 1. The number of carboxylic acids is 1. The summed E-state index contributed by atoms with van der Waals surface area (Å²) < 4.78 is 1.07. The van der Waals surface area contributed by atoms with Crippen molar-refractivity contribution in [3.63, 3.8) is 0 Å². The second kappa shape index (κ2) is 7.33. The summed E-state index contributed by atoms with van der Waals surface area (Å²) in [5.41, 5.74) is 5.73. The highest BCUT2D eigenvalue weighted by Crippen LogP contribution is 2.08. The Balaban J connectivity index is 0.00000256. The molecule has 94 valence electrons. The molecule has 0 aliphatic heterocycles. The van der Waals surface area contributed by atoms with Crippen LogP contribution in [0.15, 0.2) is 24.3 Å². The van der Waals surface area contributed by atoms with E-state index in [1.165, 1.54) is 0 Å². The van der Waals surface area contributed by atoms with Crippen LogP contribution in [0.2, 0.25) is 0 Å². The minimum Gasteiger partial charge on any atom is -0.480 e. The number of rotatable bonds is 4. The van der Waals surface area contributed by atoms with E-state index in [4.69, 9.17) is 10.8 Å². The van der Waals surface area contributed by atoms with Gasteiger partial charge in [-0.15, -0.1) is 12.4 Å². The first-order valence-corrected chi connectivity index (χ1v) is 5.60. The lowest BCUT2D eigenvalue weighted by atomic mass is 10.1. The van der Waals surface area contributed by atoms with Gasteiger partial charge in [0.05, 0.1) is 0 Å². The average Bonchev–Trinajstić information content (AvgIpc) is 2.19. The number of amides is 2. The number of primary amides is 1. The maximum Gasteiger partial charge on any atom is 0.326 e. The zero-order valence-electron chi connectivity index (χ0n) is 8.72. The van der Waals surface area contributed by atoms with Crippen LogP contribution >= 0.6 is 35.0 Å². The van der Waals surface area contributed by atoms with Crippen molar-refractivity contribution in [2.45, 2.75) is 12.5 Å². The second-order valence-corrected chi connectivity index (χ2v) is 4.48. The first kappa shape index (κ1) is 16.0. The van der Waals surface area contributed by atoms with Gasteiger partial charge in [0.15, 0.2) is 0 Å². The molecule has 0 aliphatic carbocycles. The maximum absolute atomic E-state index is 10.8. The molecule has 0 radical (unpaired) electrons. The summed E-state index contributed by atoms with van der Waals surface area (Å²) in [6.45, 7) is 0. The molecule has 0 fully saturated rings. The van der Waals surface area contributed by atoms with E-state index in [1.54, 1.807) is 0 Å². The second-order valence-electron chi connectivity index (χ2n) is 3.23. The van der Waals surface area contributed by atoms with Gasteiger partial charge in [-0.05, 0) is 40.3 Å². The van der Waals surface area contributed by atoms with E-state index in [0.717, 1.165) is 9.13 Å². The lowest BCUT2D eigenvalue weighted by Crippen LogP contribution is -2.44. The van der Waals surface area contributed by atoms with Crippen LogP contribution in [0.1, 0.15) is 5.56 Å². The van der Waals surface area contributed by atoms with E-state index < -0.39 is 18.0 Å². The predicted molar refractivity (Wildman–Crippen MR) is 74.3 cm³/mol. The lowest BCUT2D eigenvalue weighted by molar-refractivity contribution is -0.139. The fraction of sp³-hybridized carbons (Fsp3) is 0.200. The van der Waals surface area contributed by atoms with E-state index in [1.807, 2.05) is 24.3 Å². The quantitative estimate of drug-likeness (QED) is 0.699. The van der Waals surface area contributed by atoms with E-state index in [2.05, 4.69) is 27.9 Å². The Morgan fingerprint density at radius 2 is 1.88 bits per heavy atom. The van der Waals surface area contributed by atoms with Crippen LogP contribution in [0.5, 0.6) is 0 Å². The molecule has 0 spiro atoms. The average molecular weight is 371 g/mol.